The summed E-state index contributed by atoms with van der Waals surface area (Å²) in [6, 6.07) is 13.0. The Hall–Kier alpha value is -2.07. The predicted molar refractivity (Wildman–Crippen MR) is 84.7 cm³/mol. The van der Waals surface area contributed by atoms with E-state index in [-0.39, 0.29) is 11.9 Å². The summed E-state index contributed by atoms with van der Waals surface area (Å²) in [5.74, 6) is 1.01. The van der Waals surface area contributed by atoms with Crippen LogP contribution < -0.4 is 10.6 Å². The van der Waals surface area contributed by atoms with Gasteiger partial charge in [-0.15, -0.1) is 0 Å². The summed E-state index contributed by atoms with van der Waals surface area (Å²) in [7, 11) is 0. The van der Waals surface area contributed by atoms with Crippen LogP contribution in [0.2, 0.25) is 0 Å². The normalized spacial score (nSPS) is 26.3. The second-order valence-electron chi connectivity index (χ2n) is 6.39. The summed E-state index contributed by atoms with van der Waals surface area (Å²) >= 11 is 0. The quantitative estimate of drug-likeness (QED) is 0.915. The van der Waals surface area contributed by atoms with Gasteiger partial charge in [-0.3, -0.25) is 4.79 Å². The average Bonchev–Trinajstić information content (AvgIpc) is 3.24. The average molecular weight is 296 g/mol. The van der Waals surface area contributed by atoms with Crippen molar-refractivity contribution in [3.63, 3.8) is 0 Å². The second-order valence-corrected chi connectivity index (χ2v) is 6.39. The van der Waals surface area contributed by atoms with E-state index < -0.39 is 0 Å². The van der Waals surface area contributed by atoms with Crippen LogP contribution in [-0.4, -0.2) is 24.0 Å². The number of rotatable bonds is 3. The largest absolute Gasteiger partial charge is 0.451 e. The standard InChI is InChI=1S/C18H20N2O2/c1-11-2-4-12(5-3-11)16-8-9-17(22-16)18(21)20-15-10-13-6-7-14(15)19-13/h2-5,8-9,13-15,19H,6-7,10H2,1H3,(H,20,21). The second kappa shape index (κ2) is 5.29. The van der Waals surface area contributed by atoms with E-state index in [1.165, 1.54) is 12.0 Å². The van der Waals surface area contributed by atoms with Gasteiger partial charge in [0.25, 0.3) is 5.91 Å². The molecule has 0 aliphatic carbocycles. The highest BCUT2D eigenvalue weighted by Gasteiger charge is 2.39. The molecule has 3 unspecified atom stereocenters. The molecule has 0 saturated carbocycles. The Bertz CT molecular complexity index is 689. The number of hydrogen-bond donors (Lipinski definition) is 2. The van der Waals surface area contributed by atoms with Crippen LogP contribution in [0.25, 0.3) is 11.3 Å². The molecule has 1 aromatic heterocycles. The molecule has 0 spiro atoms. The molecule has 22 heavy (non-hydrogen) atoms. The monoisotopic (exact) mass is 296 g/mol. The van der Waals surface area contributed by atoms with Crippen LogP contribution in [0.4, 0.5) is 0 Å². The number of fused-ring (bicyclic) bond motifs is 2. The molecule has 1 aromatic carbocycles. The number of benzene rings is 1. The Morgan fingerprint density at radius 1 is 1.18 bits per heavy atom. The minimum absolute atomic E-state index is 0.113. The first-order valence-electron chi connectivity index (χ1n) is 7.93. The molecule has 2 aliphatic heterocycles. The van der Waals surface area contributed by atoms with Crippen molar-refractivity contribution in [3.8, 4) is 11.3 Å². The Morgan fingerprint density at radius 3 is 2.68 bits per heavy atom. The van der Waals surface area contributed by atoms with Crippen LogP contribution in [0.15, 0.2) is 40.8 Å². The Labute approximate surface area is 129 Å². The summed E-state index contributed by atoms with van der Waals surface area (Å²) in [6.07, 6.45) is 3.42. The molecule has 0 radical (unpaired) electrons. The molecule has 114 valence electrons. The van der Waals surface area contributed by atoms with E-state index in [9.17, 15) is 4.79 Å². The summed E-state index contributed by atoms with van der Waals surface area (Å²) in [6.45, 7) is 2.05. The third-order valence-electron chi connectivity index (χ3n) is 4.78. The summed E-state index contributed by atoms with van der Waals surface area (Å²) < 4.78 is 5.73. The van der Waals surface area contributed by atoms with Gasteiger partial charge in [0.15, 0.2) is 5.76 Å². The number of aryl methyl sites for hydroxylation is 1. The molecule has 2 aliphatic rings. The highest BCUT2D eigenvalue weighted by atomic mass is 16.3. The van der Waals surface area contributed by atoms with Crippen molar-refractivity contribution >= 4 is 5.91 Å². The zero-order valence-electron chi connectivity index (χ0n) is 12.6. The van der Waals surface area contributed by atoms with E-state index in [1.807, 2.05) is 37.3 Å². The lowest BCUT2D eigenvalue weighted by Crippen LogP contribution is -2.42. The summed E-state index contributed by atoms with van der Waals surface area (Å²) in [5.41, 5.74) is 2.20. The molecule has 2 aromatic rings. The minimum atomic E-state index is -0.113. The van der Waals surface area contributed by atoms with Crippen LogP contribution in [0.3, 0.4) is 0 Å². The van der Waals surface area contributed by atoms with Crippen LogP contribution in [0, 0.1) is 6.92 Å². The van der Waals surface area contributed by atoms with Gasteiger partial charge in [-0.05, 0) is 38.3 Å². The van der Waals surface area contributed by atoms with Crippen molar-refractivity contribution < 1.29 is 9.21 Å². The molecule has 2 N–H and O–H groups in total. The third kappa shape index (κ3) is 2.44. The maximum atomic E-state index is 12.3. The van der Waals surface area contributed by atoms with Gasteiger partial charge in [-0.25, -0.2) is 0 Å². The Balaban J connectivity index is 1.46. The van der Waals surface area contributed by atoms with Crippen LogP contribution in [0.1, 0.15) is 35.4 Å². The number of carbonyl (C=O) groups excluding carboxylic acids is 1. The van der Waals surface area contributed by atoms with Crippen LogP contribution in [0.5, 0.6) is 0 Å². The van der Waals surface area contributed by atoms with Gasteiger partial charge in [-0.1, -0.05) is 29.8 Å². The SMILES string of the molecule is Cc1ccc(-c2ccc(C(=O)NC3CC4CCC3N4)o2)cc1. The minimum Gasteiger partial charge on any atom is -0.451 e. The molecular formula is C18H20N2O2. The molecule has 2 bridgehead atoms. The first kappa shape index (κ1) is 13.6. The van der Waals surface area contributed by atoms with E-state index >= 15 is 0 Å². The fourth-order valence-corrected chi connectivity index (χ4v) is 3.56. The van der Waals surface area contributed by atoms with Crippen molar-refractivity contribution in [1.82, 2.24) is 10.6 Å². The maximum Gasteiger partial charge on any atom is 0.287 e. The van der Waals surface area contributed by atoms with Gasteiger partial charge < -0.3 is 15.1 Å². The lowest BCUT2D eigenvalue weighted by Gasteiger charge is -2.20. The van der Waals surface area contributed by atoms with Crippen molar-refractivity contribution in [2.45, 2.75) is 44.3 Å². The van der Waals surface area contributed by atoms with Crippen LogP contribution >= 0.6 is 0 Å². The maximum absolute atomic E-state index is 12.3. The van der Waals surface area contributed by atoms with Gasteiger partial charge in [0, 0.05) is 23.7 Å². The van der Waals surface area contributed by atoms with Gasteiger partial charge in [-0.2, -0.15) is 0 Å². The third-order valence-corrected chi connectivity index (χ3v) is 4.78. The van der Waals surface area contributed by atoms with E-state index in [0.29, 0.717) is 17.8 Å². The van der Waals surface area contributed by atoms with Crippen molar-refractivity contribution in [3.05, 3.63) is 47.7 Å². The predicted octanol–water partition coefficient (Wildman–Crippen LogP) is 2.88. The van der Waals surface area contributed by atoms with E-state index in [0.717, 1.165) is 24.2 Å². The number of furan rings is 1. The Kier molecular flexibility index (Phi) is 3.26. The van der Waals surface area contributed by atoms with E-state index in [1.54, 1.807) is 6.07 Å². The first-order valence-corrected chi connectivity index (χ1v) is 7.93. The van der Waals surface area contributed by atoms with Crippen molar-refractivity contribution in [2.24, 2.45) is 0 Å². The van der Waals surface area contributed by atoms with Gasteiger partial charge in [0.05, 0.1) is 0 Å². The molecule has 4 rings (SSSR count). The van der Waals surface area contributed by atoms with Gasteiger partial charge in [0.2, 0.25) is 0 Å². The molecule has 2 saturated heterocycles. The number of nitrogens with one attached hydrogen (secondary N) is 2. The summed E-state index contributed by atoms with van der Waals surface area (Å²) in [5, 5.41) is 6.63. The molecular weight excluding hydrogens is 276 g/mol. The van der Waals surface area contributed by atoms with Crippen molar-refractivity contribution in [1.29, 1.82) is 0 Å². The zero-order valence-corrected chi connectivity index (χ0v) is 12.6. The smallest absolute Gasteiger partial charge is 0.287 e. The molecule has 3 atom stereocenters. The Morgan fingerprint density at radius 2 is 2.00 bits per heavy atom. The number of hydrogen-bond acceptors (Lipinski definition) is 3. The van der Waals surface area contributed by atoms with E-state index in [2.05, 4.69) is 10.6 Å². The fraction of sp³-hybridized carbons (Fsp3) is 0.389. The molecule has 4 nitrogen and oxygen atoms in total. The van der Waals surface area contributed by atoms with E-state index in [4.69, 9.17) is 4.42 Å². The molecule has 4 heteroatoms. The van der Waals surface area contributed by atoms with Crippen molar-refractivity contribution in [2.75, 3.05) is 0 Å². The number of amides is 1. The molecule has 2 fully saturated rings. The highest BCUT2D eigenvalue weighted by molar-refractivity contribution is 5.92. The van der Waals surface area contributed by atoms with Gasteiger partial charge in [0.1, 0.15) is 5.76 Å². The topological polar surface area (TPSA) is 54.3 Å². The first-order chi connectivity index (χ1) is 10.7. The molecule has 3 heterocycles. The highest BCUT2D eigenvalue weighted by Crippen LogP contribution is 2.29. The lowest BCUT2D eigenvalue weighted by atomic mass is 9.95. The molecule has 1 amide bonds. The zero-order chi connectivity index (χ0) is 15.1. The lowest BCUT2D eigenvalue weighted by molar-refractivity contribution is 0.0903. The van der Waals surface area contributed by atoms with Gasteiger partial charge >= 0.3 is 0 Å². The summed E-state index contributed by atoms with van der Waals surface area (Å²) in [4.78, 5) is 12.3. The number of carbonyl (C=O) groups is 1. The fourth-order valence-electron chi connectivity index (χ4n) is 3.56. The van der Waals surface area contributed by atoms with Crippen LogP contribution in [-0.2, 0) is 0 Å².